The predicted octanol–water partition coefficient (Wildman–Crippen LogP) is 2.65. The van der Waals surface area contributed by atoms with Crippen molar-refractivity contribution in [3.05, 3.63) is 17.0 Å². The van der Waals surface area contributed by atoms with Gasteiger partial charge in [-0.2, -0.15) is 16.9 Å². The lowest BCUT2D eigenvalue weighted by atomic mass is 9.94. The Kier molecular flexibility index (Phi) is 6.58. The lowest BCUT2D eigenvalue weighted by Gasteiger charge is -2.31. The summed E-state index contributed by atoms with van der Waals surface area (Å²) in [5.74, 6) is 1.20. The van der Waals surface area contributed by atoms with Gasteiger partial charge in [0.25, 0.3) is 0 Å². The van der Waals surface area contributed by atoms with Crippen LogP contribution in [-0.2, 0) is 13.1 Å². The Morgan fingerprint density at radius 2 is 2.10 bits per heavy atom. The van der Waals surface area contributed by atoms with E-state index < -0.39 is 0 Å². The van der Waals surface area contributed by atoms with E-state index >= 15 is 0 Å². The summed E-state index contributed by atoms with van der Waals surface area (Å²) in [6, 6.07) is 0.628. The zero-order valence-corrected chi connectivity index (χ0v) is 14.4. The van der Waals surface area contributed by atoms with E-state index in [9.17, 15) is 0 Å². The van der Waals surface area contributed by atoms with Gasteiger partial charge in [-0.25, -0.2) is 0 Å². The zero-order valence-electron chi connectivity index (χ0n) is 13.6. The Balaban J connectivity index is 1.98. The summed E-state index contributed by atoms with van der Waals surface area (Å²) < 4.78 is 1.92. The molecule has 4 nitrogen and oxygen atoms in total. The number of aryl methyl sites for hydroxylation is 1. The summed E-state index contributed by atoms with van der Waals surface area (Å²) in [5, 5.41) is 18.2. The highest BCUT2D eigenvalue weighted by molar-refractivity contribution is 7.99. The highest BCUT2D eigenvalue weighted by Gasteiger charge is 2.25. The minimum absolute atomic E-state index is 0.146. The molecule has 1 fully saturated rings. The van der Waals surface area contributed by atoms with Crippen LogP contribution in [0.3, 0.4) is 0 Å². The molecule has 5 heteroatoms. The molecule has 0 radical (unpaired) electrons. The maximum absolute atomic E-state index is 9.09. The number of nitrogens with zero attached hydrogens (tertiary/aromatic N) is 2. The largest absolute Gasteiger partial charge is 0.394 e. The van der Waals surface area contributed by atoms with Crippen LogP contribution < -0.4 is 5.32 Å². The third-order valence-corrected chi connectivity index (χ3v) is 5.79. The first-order chi connectivity index (χ1) is 10.2. The Labute approximate surface area is 132 Å². The number of thioether (sulfide) groups is 1. The number of hydrogen-bond acceptors (Lipinski definition) is 4. The van der Waals surface area contributed by atoms with Crippen LogP contribution in [0.4, 0.5) is 0 Å². The molecular weight excluding hydrogens is 282 g/mol. The third-order valence-electron chi connectivity index (χ3n) is 4.47. The highest BCUT2D eigenvalue weighted by Crippen LogP contribution is 2.29. The quantitative estimate of drug-likeness (QED) is 0.813. The van der Waals surface area contributed by atoms with Gasteiger partial charge in [0.15, 0.2) is 0 Å². The predicted molar refractivity (Wildman–Crippen MR) is 89.8 cm³/mol. The van der Waals surface area contributed by atoms with Crippen molar-refractivity contribution in [2.75, 3.05) is 12.4 Å². The lowest BCUT2D eigenvalue weighted by Crippen LogP contribution is -2.40. The molecule has 2 N–H and O–H groups in total. The van der Waals surface area contributed by atoms with Gasteiger partial charge in [0, 0.05) is 29.1 Å². The molecule has 0 spiro atoms. The van der Waals surface area contributed by atoms with E-state index in [2.05, 4.69) is 42.9 Å². The molecule has 0 saturated heterocycles. The summed E-state index contributed by atoms with van der Waals surface area (Å²) in [6.07, 6.45) is 5.36. The van der Waals surface area contributed by atoms with Gasteiger partial charge < -0.3 is 10.4 Å². The van der Waals surface area contributed by atoms with E-state index in [1.165, 1.54) is 42.7 Å². The van der Waals surface area contributed by atoms with Crippen LogP contribution in [0.15, 0.2) is 0 Å². The summed E-state index contributed by atoms with van der Waals surface area (Å²) in [5.41, 5.74) is 3.57. The number of rotatable bonds is 7. The summed E-state index contributed by atoms with van der Waals surface area (Å²) in [6.45, 7) is 8.05. The second-order valence-corrected chi connectivity index (χ2v) is 7.38. The van der Waals surface area contributed by atoms with Crippen molar-refractivity contribution in [3.63, 3.8) is 0 Å². The lowest BCUT2D eigenvalue weighted by molar-refractivity contribution is 0.267. The molecule has 1 aromatic rings. The molecule has 0 aliphatic heterocycles. The number of aromatic nitrogens is 2. The van der Waals surface area contributed by atoms with Gasteiger partial charge in [0.2, 0.25) is 0 Å². The standard InChI is InChI=1S/C16H29N3OS/c1-4-21-16-8-6-5-7-15(16)17-11-14-12(2)18-19(9-10-20)13(14)3/h15-17,20H,4-11H2,1-3H3. The minimum Gasteiger partial charge on any atom is -0.394 e. The molecule has 120 valence electrons. The first-order valence-electron chi connectivity index (χ1n) is 8.16. The topological polar surface area (TPSA) is 50.1 Å². The minimum atomic E-state index is 0.146. The normalized spacial score (nSPS) is 22.7. The van der Waals surface area contributed by atoms with Gasteiger partial charge >= 0.3 is 0 Å². The van der Waals surface area contributed by atoms with Crippen molar-refractivity contribution in [1.29, 1.82) is 0 Å². The van der Waals surface area contributed by atoms with Crippen LogP contribution in [-0.4, -0.2) is 38.5 Å². The molecule has 1 aliphatic carbocycles. The molecule has 2 atom stereocenters. The van der Waals surface area contributed by atoms with Gasteiger partial charge in [-0.15, -0.1) is 0 Å². The first-order valence-corrected chi connectivity index (χ1v) is 9.21. The highest BCUT2D eigenvalue weighted by atomic mass is 32.2. The van der Waals surface area contributed by atoms with Gasteiger partial charge in [-0.3, -0.25) is 4.68 Å². The summed E-state index contributed by atoms with van der Waals surface area (Å²) in [7, 11) is 0. The van der Waals surface area contributed by atoms with E-state index in [4.69, 9.17) is 5.11 Å². The molecule has 0 amide bonds. The number of hydrogen-bond donors (Lipinski definition) is 2. The Morgan fingerprint density at radius 1 is 1.33 bits per heavy atom. The maximum atomic E-state index is 9.09. The number of aliphatic hydroxyl groups excluding tert-OH is 1. The fourth-order valence-corrected chi connectivity index (χ4v) is 4.51. The second kappa shape index (κ2) is 8.20. The van der Waals surface area contributed by atoms with Crippen molar-refractivity contribution < 1.29 is 5.11 Å². The summed E-state index contributed by atoms with van der Waals surface area (Å²) in [4.78, 5) is 0. The third kappa shape index (κ3) is 4.24. The van der Waals surface area contributed by atoms with E-state index in [0.717, 1.165) is 17.5 Å². The Bertz CT molecular complexity index is 445. The zero-order chi connectivity index (χ0) is 15.2. The smallest absolute Gasteiger partial charge is 0.0644 e. The van der Waals surface area contributed by atoms with Crippen LogP contribution in [0.2, 0.25) is 0 Å². The van der Waals surface area contributed by atoms with Crippen LogP contribution in [0.25, 0.3) is 0 Å². The molecule has 0 aromatic carbocycles. The molecule has 1 aromatic heterocycles. The molecule has 1 aliphatic rings. The van der Waals surface area contributed by atoms with Gasteiger partial charge in [0.1, 0.15) is 0 Å². The van der Waals surface area contributed by atoms with E-state index in [1.807, 2.05) is 4.68 Å². The SMILES string of the molecule is CCSC1CCCCC1NCc1c(C)nn(CCO)c1C. The molecule has 2 rings (SSSR count). The van der Waals surface area contributed by atoms with Crippen molar-refractivity contribution in [1.82, 2.24) is 15.1 Å². The van der Waals surface area contributed by atoms with Crippen molar-refractivity contribution >= 4 is 11.8 Å². The van der Waals surface area contributed by atoms with Crippen LogP contribution >= 0.6 is 11.8 Å². The average Bonchev–Trinajstić information content (AvgIpc) is 2.74. The number of aliphatic hydroxyl groups is 1. The van der Waals surface area contributed by atoms with Crippen LogP contribution in [0.1, 0.15) is 49.6 Å². The maximum Gasteiger partial charge on any atom is 0.0644 e. The first kappa shape index (κ1) is 16.8. The van der Waals surface area contributed by atoms with Gasteiger partial charge in [-0.05, 0) is 32.4 Å². The Hall–Kier alpha value is -0.520. The average molecular weight is 311 g/mol. The molecule has 2 unspecified atom stereocenters. The molecular formula is C16H29N3OS. The van der Waals surface area contributed by atoms with Crippen LogP contribution in [0.5, 0.6) is 0 Å². The molecule has 1 heterocycles. The van der Waals surface area contributed by atoms with Crippen molar-refractivity contribution in [2.45, 2.75) is 70.8 Å². The van der Waals surface area contributed by atoms with Crippen LogP contribution in [0, 0.1) is 13.8 Å². The second-order valence-electron chi connectivity index (χ2n) is 5.86. The fourth-order valence-electron chi connectivity index (χ4n) is 3.28. The fraction of sp³-hybridized carbons (Fsp3) is 0.812. The monoisotopic (exact) mass is 311 g/mol. The van der Waals surface area contributed by atoms with Crippen molar-refractivity contribution in [2.24, 2.45) is 0 Å². The Morgan fingerprint density at radius 3 is 2.81 bits per heavy atom. The molecule has 0 bridgehead atoms. The summed E-state index contributed by atoms with van der Waals surface area (Å²) >= 11 is 2.10. The van der Waals surface area contributed by atoms with E-state index in [-0.39, 0.29) is 6.61 Å². The molecule has 1 saturated carbocycles. The van der Waals surface area contributed by atoms with Crippen molar-refractivity contribution in [3.8, 4) is 0 Å². The van der Waals surface area contributed by atoms with E-state index in [1.54, 1.807) is 0 Å². The van der Waals surface area contributed by atoms with E-state index in [0.29, 0.717) is 12.6 Å². The molecule has 21 heavy (non-hydrogen) atoms. The number of nitrogens with one attached hydrogen (secondary N) is 1. The van der Waals surface area contributed by atoms with Gasteiger partial charge in [-0.1, -0.05) is 19.8 Å². The van der Waals surface area contributed by atoms with Gasteiger partial charge in [0.05, 0.1) is 18.8 Å².